The molecule has 0 bridgehead atoms. The standard InChI is InChI=1S/C15H15BrN2O2S/c1-2-20-14(19)7-12-9-21-15-17-13(8-18(12)15)10-3-5-11(16)6-4-10/h3-6,9,13H,2,7-8H2,1H3. The Kier molecular flexibility index (Phi) is 4.35. The summed E-state index contributed by atoms with van der Waals surface area (Å²) in [6.45, 7) is 3.03. The predicted octanol–water partition coefficient (Wildman–Crippen LogP) is 3.70. The Bertz CT molecular complexity index is 613. The van der Waals surface area contributed by atoms with Gasteiger partial charge in [0.1, 0.15) is 0 Å². The van der Waals surface area contributed by atoms with Crippen LogP contribution in [0.15, 0.2) is 44.8 Å². The molecule has 0 saturated heterocycles. The van der Waals surface area contributed by atoms with Crippen LogP contribution in [-0.4, -0.2) is 29.2 Å². The minimum atomic E-state index is -0.183. The number of carbonyl (C=O) groups excluding carboxylic acids is 1. The highest BCUT2D eigenvalue weighted by Crippen LogP contribution is 2.38. The third-order valence-electron chi connectivity index (χ3n) is 3.39. The number of amidine groups is 1. The van der Waals surface area contributed by atoms with Crippen LogP contribution in [0.3, 0.4) is 0 Å². The molecule has 0 aromatic heterocycles. The van der Waals surface area contributed by atoms with Gasteiger partial charge in [-0.05, 0) is 30.0 Å². The third-order valence-corrected chi connectivity index (χ3v) is 4.84. The molecule has 2 aliphatic heterocycles. The van der Waals surface area contributed by atoms with Crippen LogP contribution >= 0.6 is 27.7 Å². The van der Waals surface area contributed by atoms with Crippen LogP contribution in [0.4, 0.5) is 0 Å². The molecule has 0 spiro atoms. The lowest BCUT2D eigenvalue weighted by Crippen LogP contribution is -2.23. The molecule has 21 heavy (non-hydrogen) atoms. The monoisotopic (exact) mass is 366 g/mol. The van der Waals surface area contributed by atoms with Crippen LogP contribution in [0.5, 0.6) is 0 Å². The van der Waals surface area contributed by atoms with Gasteiger partial charge in [-0.3, -0.25) is 9.79 Å². The molecule has 1 unspecified atom stereocenters. The van der Waals surface area contributed by atoms with E-state index in [0.717, 1.165) is 21.9 Å². The van der Waals surface area contributed by atoms with Gasteiger partial charge < -0.3 is 9.64 Å². The van der Waals surface area contributed by atoms with E-state index in [2.05, 4.69) is 33.0 Å². The number of fused-ring (bicyclic) bond motifs is 1. The molecule has 0 amide bonds. The molecule has 0 fully saturated rings. The predicted molar refractivity (Wildman–Crippen MR) is 87.9 cm³/mol. The zero-order valence-electron chi connectivity index (χ0n) is 11.6. The van der Waals surface area contributed by atoms with Crippen molar-refractivity contribution in [3.8, 4) is 0 Å². The van der Waals surface area contributed by atoms with Gasteiger partial charge in [-0.1, -0.05) is 39.8 Å². The van der Waals surface area contributed by atoms with Crippen LogP contribution in [0.25, 0.3) is 0 Å². The summed E-state index contributed by atoms with van der Waals surface area (Å²) in [5.41, 5.74) is 2.17. The number of nitrogens with zero attached hydrogens (tertiary/aromatic N) is 2. The fourth-order valence-electron chi connectivity index (χ4n) is 2.38. The first-order valence-corrected chi connectivity index (χ1v) is 8.46. The minimum absolute atomic E-state index is 0.131. The van der Waals surface area contributed by atoms with Gasteiger partial charge >= 0.3 is 5.97 Å². The van der Waals surface area contributed by atoms with Crippen molar-refractivity contribution in [2.45, 2.75) is 19.4 Å². The molecule has 2 aliphatic rings. The smallest absolute Gasteiger partial charge is 0.311 e. The highest BCUT2D eigenvalue weighted by Gasteiger charge is 2.33. The van der Waals surface area contributed by atoms with Crippen molar-refractivity contribution in [1.29, 1.82) is 0 Å². The van der Waals surface area contributed by atoms with Crippen LogP contribution < -0.4 is 0 Å². The van der Waals surface area contributed by atoms with Crippen LogP contribution in [0.1, 0.15) is 24.9 Å². The number of thioether (sulfide) groups is 1. The maximum atomic E-state index is 11.6. The molecule has 1 atom stereocenters. The first kappa shape index (κ1) is 14.7. The Morgan fingerprint density at radius 2 is 2.24 bits per heavy atom. The summed E-state index contributed by atoms with van der Waals surface area (Å²) < 4.78 is 6.08. The van der Waals surface area contributed by atoms with Crippen molar-refractivity contribution in [2.24, 2.45) is 4.99 Å². The largest absolute Gasteiger partial charge is 0.466 e. The normalized spacial score (nSPS) is 20.1. The highest BCUT2D eigenvalue weighted by molar-refractivity contribution is 9.10. The van der Waals surface area contributed by atoms with Crippen molar-refractivity contribution < 1.29 is 9.53 Å². The van der Waals surface area contributed by atoms with Gasteiger partial charge in [-0.2, -0.15) is 0 Å². The van der Waals surface area contributed by atoms with Crippen LogP contribution in [-0.2, 0) is 9.53 Å². The van der Waals surface area contributed by atoms with Gasteiger partial charge in [0.15, 0.2) is 5.17 Å². The van der Waals surface area contributed by atoms with E-state index in [1.165, 1.54) is 5.56 Å². The number of hydrogen-bond donors (Lipinski definition) is 0. The Balaban J connectivity index is 1.68. The first-order valence-electron chi connectivity index (χ1n) is 6.79. The first-order chi connectivity index (χ1) is 10.2. The van der Waals surface area contributed by atoms with E-state index in [1.54, 1.807) is 11.8 Å². The van der Waals surface area contributed by atoms with Crippen molar-refractivity contribution >= 4 is 38.8 Å². The van der Waals surface area contributed by atoms with Gasteiger partial charge in [0, 0.05) is 10.2 Å². The summed E-state index contributed by atoms with van der Waals surface area (Å²) in [6, 6.07) is 8.36. The molecule has 1 aromatic rings. The topological polar surface area (TPSA) is 41.9 Å². The molecule has 0 aliphatic carbocycles. The lowest BCUT2D eigenvalue weighted by molar-refractivity contribution is -0.142. The van der Waals surface area contributed by atoms with Crippen molar-refractivity contribution in [1.82, 2.24) is 4.90 Å². The number of aliphatic imine (C=N–C) groups is 1. The zero-order chi connectivity index (χ0) is 14.8. The number of halogens is 1. The fraction of sp³-hybridized carbons (Fsp3) is 0.333. The number of benzene rings is 1. The molecule has 2 heterocycles. The highest BCUT2D eigenvalue weighted by atomic mass is 79.9. The molecule has 4 nitrogen and oxygen atoms in total. The minimum Gasteiger partial charge on any atom is -0.466 e. The Morgan fingerprint density at radius 3 is 2.95 bits per heavy atom. The molecule has 110 valence electrons. The maximum absolute atomic E-state index is 11.6. The van der Waals surface area contributed by atoms with Crippen molar-refractivity contribution in [3.05, 3.63) is 45.4 Å². The van der Waals surface area contributed by atoms with Crippen molar-refractivity contribution in [2.75, 3.05) is 13.2 Å². The van der Waals surface area contributed by atoms with E-state index >= 15 is 0 Å². The number of rotatable bonds is 4. The summed E-state index contributed by atoms with van der Waals surface area (Å²) >= 11 is 5.02. The van der Waals surface area contributed by atoms with E-state index < -0.39 is 0 Å². The number of carbonyl (C=O) groups is 1. The summed E-state index contributed by atoms with van der Waals surface area (Å²) in [5, 5.41) is 2.97. The molecule has 0 radical (unpaired) electrons. The average Bonchev–Trinajstić information content (AvgIpc) is 3.02. The zero-order valence-corrected chi connectivity index (χ0v) is 14.0. The van der Waals surface area contributed by atoms with Gasteiger partial charge in [-0.15, -0.1) is 0 Å². The summed E-state index contributed by atoms with van der Waals surface area (Å²) in [6.07, 6.45) is 0.312. The summed E-state index contributed by atoms with van der Waals surface area (Å²) in [5.74, 6) is -0.183. The number of esters is 1. The molecule has 0 saturated carbocycles. The van der Waals surface area contributed by atoms with Gasteiger partial charge in [-0.25, -0.2) is 0 Å². The SMILES string of the molecule is CCOC(=O)CC1=CSC2=NC(c3ccc(Br)cc3)CN12. The second kappa shape index (κ2) is 6.23. The summed E-state index contributed by atoms with van der Waals surface area (Å²) in [4.78, 5) is 18.5. The molecule has 3 rings (SSSR count). The average molecular weight is 367 g/mol. The molecule has 6 heteroatoms. The molecule has 1 aromatic carbocycles. The lowest BCUT2D eigenvalue weighted by atomic mass is 10.1. The van der Waals surface area contributed by atoms with Crippen LogP contribution in [0.2, 0.25) is 0 Å². The molecular formula is C15H15BrN2O2S. The van der Waals surface area contributed by atoms with Crippen molar-refractivity contribution in [3.63, 3.8) is 0 Å². The van der Waals surface area contributed by atoms with E-state index in [1.807, 2.05) is 24.5 Å². The van der Waals surface area contributed by atoms with Gasteiger partial charge in [0.2, 0.25) is 0 Å². The van der Waals surface area contributed by atoms with Crippen LogP contribution in [0, 0.1) is 0 Å². The third kappa shape index (κ3) is 3.16. The van der Waals surface area contributed by atoms with Gasteiger partial charge in [0.05, 0.1) is 25.6 Å². The Morgan fingerprint density at radius 1 is 1.48 bits per heavy atom. The van der Waals surface area contributed by atoms with E-state index in [4.69, 9.17) is 9.73 Å². The fourth-order valence-corrected chi connectivity index (χ4v) is 3.60. The molecule has 0 N–H and O–H groups in total. The van der Waals surface area contributed by atoms with Gasteiger partial charge in [0.25, 0.3) is 0 Å². The molecular weight excluding hydrogens is 352 g/mol. The Hall–Kier alpha value is -1.27. The lowest BCUT2D eigenvalue weighted by Gasteiger charge is -2.17. The van der Waals surface area contributed by atoms with E-state index in [0.29, 0.717) is 13.0 Å². The second-order valence-corrected chi connectivity index (χ2v) is 6.55. The second-order valence-electron chi connectivity index (χ2n) is 4.80. The quantitative estimate of drug-likeness (QED) is 0.761. The maximum Gasteiger partial charge on any atom is 0.311 e. The Labute approximate surface area is 136 Å². The number of ether oxygens (including phenoxy) is 1. The summed E-state index contributed by atoms with van der Waals surface area (Å²) in [7, 11) is 0. The number of hydrogen-bond acceptors (Lipinski definition) is 5. The van der Waals surface area contributed by atoms with E-state index in [9.17, 15) is 4.79 Å². The van der Waals surface area contributed by atoms with E-state index in [-0.39, 0.29) is 12.0 Å².